The van der Waals surface area contributed by atoms with Crippen LogP contribution in [0.15, 0.2) is 30.3 Å². The molecule has 0 amide bonds. The molecule has 0 radical (unpaired) electrons. The van der Waals surface area contributed by atoms with E-state index in [4.69, 9.17) is 0 Å². The molecule has 1 heteroatoms. The van der Waals surface area contributed by atoms with Crippen LogP contribution < -0.4 is 5.32 Å². The molecule has 1 rings (SSSR count). The van der Waals surface area contributed by atoms with Crippen LogP contribution in [-0.2, 0) is 6.42 Å². The molecule has 0 saturated heterocycles. The van der Waals surface area contributed by atoms with E-state index in [1.165, 1.54) is 31.2 Å². The number of nitrogens with one attached hydrogen (secondary N) is 1. The van der Waals surface area contributed by atoms with Gasteiger partial charge in [0, 0.05) is 6.04 Å². The van der Waals surface area contributed by atoms with Gasteiger partial charge in [0.05, 0.1) is 0 Å². The lowest BCUT2D eigenvalue weighted by Crippen LogP contribution is -2.25. The molecule has 1 nitrogen and oxygen atoms in total. The van der Waals surface area contributed by atoms with Gasteiger partial charge in [0.1, 0.15) is 0 Å². The third-order valence-corrected chi connectivity index (χ3v) is 2.67. The third kappa shape index (κ3) is 6.62. The molecule has 0 aliphatic carbocycles. The topological polar surface area (TPSA) is 12.0 Å². The summed E-state index contributed by atoms with van der Waals surface area (Å²) < 4.78 is 0. The van der Waals surface area contributed by atoms with E-state index in [0.717, 1.165) is 0 Å². The van der Waals surface area contributed by atoms with Gasteiger partial charge in [-0.15, -0.1) is 0 Å². The van der Waals surface area contributed by atoms with Gasteiger partial charge in [0.25, 0.3) is 0 Å². The molecule has 1 atom stereocenters. The van der Waals surface area contributed by atoms with Gasteiger partial charge in [-0.25, -0.2) is 0 Å². The fourth-order valence-electron chi connectivity index (χ4n) is 1.77. The van der Waals surface area contributed by atoms with E-state index in [9.17, 15) is 0 Å². The maximum atomic E-state index is 3.37. The van der Waals surface area contributed by atoms with Crippen molar-refractivity contribution in [2.24, 2.45) is 0 Å². The lowest BCUT2D eigenvalue weighted by molar-refractivity contribution is 0.484. The highest BCUT2D eigenvalue weighted by atomic mass is 14.9. The standard InChI is InChI=1S/C13H21N.C2H6/c1-3-7-13(14-2)11-10-12-8-5-4-6-9-12;1-2/h4-6,8-9,13-14H,3,7,10-11H2,1-2H3;1-2H3. The molecule has 0 spiro atoms. The van der Waals surface area contributed by atoms with Crippen LogP contribution in [0.5, 0.6) is 0 Å². The SMILES string of the molecule is CC.CCCC(CCc1ccccc1)NC. The predicted molar refractivity (Wildman–Crippen MR) is 73.9 cm³/mol. The Morgan fingerprint density at radius 2 is 1.69 bits per heavy atom. The van der Waals surface area contributed by atoms with Crippen molar-refractivity contribution in [3.05, 3.63) is 35.9 Å². The molecular formula is C15H27N. The normalized spacial score (nSPS) is 11.5. The molecular weight excluding hydrogens is 194 g/mol. The highest BCUT2D eigenvalue weighted by Gasteiger charge is 2.03. The van der Waals surface area contributed by atoms with Crippen LogP contribution in [0.1, 0.15) is 45.6 Å². The second kappa shape index (κ2) is 10.7. The average molecular weight is 221 g/mol. The summed E-state index contributed by atoms with van der Waals surface area (Å²) in [6, 6.07) is 11.4. The lowest BCUT2D eigenvalue weighted by Gasteiger charge is -2.14. The maximum absolute atomic E-state index is 3.37. The number of benzene rings is 1. The summed E-state index contributed by atoms with van der Waals surface area (Å²) in [5.74, 6) is 0. The summed E-state index contributed by atoms with van der Waals surface area (Å²) in [7, 11) is 2.06. The number of aryl methyl sites for hydroxylation is 1. The van der Waals surface area contributed by atoms with Crippen LogP contribution in [0, 0.1) is 0 Å². The largest absolute Gasteiger partial charge is 0.317 e. The van der Waals surface area contributed by atoms with E-state index in [0.29, 0.717) is 6.04 Å². The smallest absolute Gasteiger partial charge is 0.00671 e. The van der Waals surface area contributed by atoms with Crippen LogP contribution >= 0.6 is 0 Å². The third-order valence-electron chi connectivity index (χ3n) is 2.67. The van der Waals surface area contributed by atoms with E-state index in [1.54, 1.807) is 0 Å². The van der Waals surface area contributed by atoms with Crippen LogP contribution in [0.4, 0.5) is 0 Å². The molecule has 0 aliphatic heterocycles. The van der Waals surface area contributed by atoms with Crippen LogP contribution in [-0.4, -0.2) is 13.1 Å². The molecule has 0 aromatic heterocycles. The van der Waals surface area contributed by atoms with Crippen LogP contribution in [0.2, 0.25) is 0 Å². The maximum Gasteiger partial charge on any atom is 0.00671 e. The van der Waals surface area contributed by atoms with Gasteiger partial charge in [0.2, 0.25) is 0 Å². The van der Waals surface area contributed by atoms with Crippen molar-refractivity contribution >= 4 is 0 Å². The number of hydrogen-bond donors (Lipinski definition) is 1. The average Bonchev–Trinajstić information content (AvgIpc) is 2.38. The van der Waals surface area contributed by atoms with Gasteiger partial charge in [-0.05, 0) is 31.9 Å². The Bertz CT molecular complexity index is 230. The molecule has 0 bridgehead atoms. The molecule has 92 valence electrons. The van der Waals surface area contributed by atoms with Gasteiger partial charge >= 0.3 is 0 Å². The number of hydrogen-bond acceptors (Lipinski definition) is 1. The summed E-state index contributed by atoms with van der Waals surface area (Å²) >= 11 is 0. The monoisotopic (exact) mass is 221 g/mol. The second-order valence-corrected chi connectivity index (χ2v) is 3.80. The van der Waals surface area contributed by atoms with E-state index in [-0.39, 0.29) is 0 Å². The Morgan fingerprint density at radius 1 is 1.06 bits per heavy atom. The van der Waals surface area contributed by atoms with E-state index in [1.807, 2.05) is 13.8 Å². The van der Waals surface area contributed by atoms with Crippen molar-refractivity contribution in [3.8, 4) is 0 Å². The summed E-state index contributed by atoms with van der Waals surface area (Å²) in [5.41, 5.74) is 1.45. The Labute approximate surface area is 101 Å². The summed E-state index contributed by atoms with van der Waals surface area (Å²) in [6.07, 6.45) is 4.98. The molecule has 0 heterocycles. The Kier molecular flexibility index (Phi) is 10.1. The second-order valence-electron chi connectivity index (χ2n) is 3.80. The Morgan fingerprint density at radius 3 is 2.19 bits per heavy atom. The van der Waals surface area contributed by atoms with E-state index >= 15 is 0 Å². The summed E-state index contributed by atoms with van der Waals surface area (Å²) in [4.78, 5) is 0. The van der Waals surface area contributed by atoms with Gasteiger partial charge in [-0.1, -0.05) is 57.5 Å². The van der Waals surface area contributed by atoms with Gasteiger partial charge in [-0.3, -0.25) is 0 Å². The van der Waals surface area contributed by atoms with Crippen LogP contribution in [0.25, 0.3) is 0 Å². The molecule has 16 heavy (non-hydrogen) atoms. The minimum atomic E-state index is 0.681. The molecule has 0 saturated carbocycles. The lowest BCUT2D eigenvalue weighted by atomic mass is 10.0. The van der Waals surface area contributed by atoms with Gasteiger partial charge in [0.15, 0.2) is 0 Å². The molecule has 1 aromatic rings. The molecule has 0 aliphatic rings. The van der Waals surface area contributed by atoms with Crippen molar-refractivity contribution in [2.75, 3.05) is 7.05 Å². The first-order chi connectivity index (χ1) is 7.86. The molecule has 1 unspecified atom stereocenters. The van der Waals surface area contributed by atoms with Crippen molar-refractivity contribution in [2.45, 2.75) is 52.5 Å². The molecule has 0 fully saturated rings. The van der Waals surface area contributed by atoms with E-state index in [2.05, 4.69) is 49.6 Å². The minimum Gasteiger partial charge on any atom is -0.317 e. The van der Waals surface area contributed by atoms with Crippen LogP contribution in [0.3, 0.4) is 0 Å². The minimum absolute atomic E-state index is 0.681. The Balaban J connectivity index is 0.00000106. The zero-order chi connectivity index (χ0) is 12.2. The highest BCUT2D eigenvalue weighted by Crippen LogP contribution is 2.08. The molecule has 1 aromatic carbocycles. The van der Waals surface area contributed by atoms with E-state index < -0.39 is 0 Å². The fourth-order valence-corrected chi connectivity index (χ4v) is 1.77. The first-order valence-electron chi connectivity index (χ1n) is 6.58. The molecule has 1 N–H and O–H groups in total. The van der Waals surface area contributed by atoms with Crippen molar-refractivity contribution in [1.29, 1.82) is 0 Å². The first-order valence-corrected chi connectivity index (χ1v) is 6.58. The zero-order valence-corrected chi connectivity index (χ0v) is 11.3. The fraction of sp³-hybridized carbons (Fsp3) is 0.600. The number of rotatable bonds is 6. The van der Waals surface area contributed by atoms with Gasteiger partial charge in [-0.2, -0.15) is 0 Å². The first kappa shape index (κ1) is 15.2. The predicted octanol–water partition coefficient (Wildman–Crippen LogP) is 4.03. The summed E-state index contributed by atoms with van der Waals surface area (Å²) in [5, 5.41) is 3.37. The van der Waals surface area contributed by atoms with Crippen molar-refractivity contribution in [3.63, 3.8) is 0 Å². The summed E-state index contributed by atoms with van der Waals surface area (Å²) in [6.45, 7) is 6.24. The van der Waals surface area contributed by atoms with Crippen molar-refractivity contribution in [1.82, 2.24) is 5.32 Å². The quantitative estimate of drug-likeness (QED) is 0.764. The van der Waals surface area contributed by atoms with Crippen molar-refractivity contribution < 1.29 is 0 Å². The van der Waals surface area contributed by atoms with Gasteiger partial charge < -0.3 is 5.32 Å². The Hall–Kier alpha value is -0.820. The zero-order valence-electron chi connectivity index (χ0n) is 11.3. The highest BCUT2D eigenvalue weighted by molar-refractivity contribution is 5.14.